The number of nitrogens with one attached hydrogen (secondary N) is 1. The van der Waals surface area contributed by atoms with E-state index >= 15 is 0 Å². The molecule has 1 rings (SSSR count). The Labute approximate surface area is 133 Å². The molecule has 0 atom stereocenters. The van der Waals surface area contributed by atoms with Crippen molar-refractivity contribution in [2.45, 2.75) is 46.1 Å². The SMILES string of the molecule is CC(C)(CO)CCCNC(=O)CCCOCc1ccccc1. The zero-order valence-corrected chi connectivity index (χ0v) is 13.8. The molecule has 4 heteroatoms. The van der Waals surface area contributed by atoms with Gasteiger partial charge in [-0.25, -0.2) is 0 Å². The van der Waals surface area contributed by atoms with Crippen molar-refractivity contribution in [3.8, 4) is 0 Å². The van der Waals surface area contributed by atoms with Crippen molar-refractivity contribution in [2.24, 2.45) is 5.41 Å². The standard InChI is InChI=1S/C18H29NO3/c1-18(2,15-20)11-7-12-19-17(21)10-6-13-22-14-16-8-4-3-5-9-16/h3-5,8-9,20H,6-7,10-15H2,1-2H3,(H,19,21). The maximum absolute atomic E-state index is 11.7. The number of hydrogen-bond donors (Lipinski definition) is 2. The van der Waals surface area contributed by atoms with Gasteiger partial charge in [0.1, 0.15) is 0 Å². The summed E-state index contributed by atoms with van der Waals surface area (Å²) in [6, 6.07) is 10.0. The Morgan fingerprint density at radius 3 is 2.64 bits per heavy atom. The third-order valence-corrected chi connectivity index (χ3v) is 3.58. The first-order valence-corrected chi connectivity index (χ1v) is 8.03. The van der Waals surface area contributed by atoms with Crippen LogP contribution in [0.2, 0.25) is 0 Å². The van der Waals surface area contributed by atoms with Crippen LogP contribution in [-0.2, 0) is 16.1 Å². The molecule has 1 aromatic rings. The average molecular weight is 307 g/mol. The third-order valence-electron chi connectivity index (χ3n) is 3.58. The van der Waals surface area contributed by atoms with Crippen LogP contribution < -0.4 is 5.32 Å². The van der Waals surface area contributed by atoms with Crippen LogP contribution in [0.1, 0.15) is 45.1 Å². The molecule has 0 radical (unpaired) electrons. The first-order chi connectivity index (χ1) is 10.5. The number of ether oxygens (including phenoxy) is 1. The van der Waals surface area contributed by atoms with Gasteiger partial charge in [-0.05, 0) is 30.2 Å². The van der Waals surface area contributed by atoms with Gasteiger partial charge in [0.15, 0.2) is 0 Å². The first-order valence-electron chi connectivity index (χ1n) is 8.03. The van der Waals surface area contributed by atoms with Crippen molar-refractivity contribution in [3.63, 3.8) is 0 Å². The van der Waals surface area contributed by atoms with Gasteiger partial charge in [-0.1, -0.05) is 44.2 Å². The molecule has 0 spiro atoms. The Balaban J connectivity index is 1.97. The van der Waals surface area contributed by atoms with E-state index in [2.05, 4.69) is 5.32 Å². The number of rotatable bonds is 11. The van der Waals surface area contributed by atoms with Crippen molar-refractivity contribution >= 4 is 5.91 Å². The van der Waals surface area contributed by atoms with Gasteiger partial charge in [-0.15, -0.1) is 0 Å². The average Bonchev–Trinajstić information content (AvgIpc) is 2.52. The Morgan fingerprint density at radius 2 is 1.95 bits per heavy atom. The van der Waals surface area contributed by atoms with Gasteiger partial charge in [0.25, 0.3) is 0 Å². The number of amides is 1. The molecule has 1 amide bonds. The fourth-order valence-corrected chi connectivity index (χ4v) is 2.06. The molecule has 0 aliphatic rings. The fraction of sp³-hybridized carbons (Fsp3) is 0.611. The molecule has 22 heavy (non-hydrogen) atoms. The lowest BCUT2D eigenvalue weighted by molar-refractivity contribution is -0.121. The highest BCUT2D eigenvalue weighted by Crippen LogP contribution is 2.20. The highest BCUT2D eigenvalue weighted by Gasteiger charge is 2.15. The van der Waals surface area contributed by atoms with Gasteiger partial charge in [0.05, 0.1) is 6.61 Å². The van der Waals surface area contributed by atoms with Gasteiger partial charge in [-0.2, -0.15) is 0 Å². The molecule has 0 aliphatic heterocycles. The van der Waals surface area contributed by atoms with E-state index in [1.54, 1.807) is 0 Å². The van der Waals surface area contributed by atoms with E-state index < -0.39 is 0 Å². The Bertz CT molecular complexity index is 418. The molecule has 0 aliphatic carbocycles. The number of aliphatic hydroxyl groups is 1. The summed E-state index contributed by atoms with van der Waals surface area (Å²) in [4.78, 5) is 11.7. The van der Waals surface area contributed by atoms with Crippen LogP contribution in [0.15, 0.2) is 30.3 Å². The van der Waals surface area contributed by atoms with Crippen LogP contribution >= 0.6 is 0 Å². The zero-order chi connectivity index (χ0) is 16.3. The molecule has 4 nitrogen and oxygen atoms in total. The maximum atomic E-state index is 11.7. The summed E-state index contributed by atoms with van der Waals surface area (Å²) in [7, 11) is 0. The minimum absolute atomic E-state index is 0.0595. The molecule has 0 unspecified atom stereocenters. The van der Waals surface area contributed by atoms with Crippen LogP contribution in [0.3, 0.4) is 0 Å². The van der Waals surface area contributed by atoms with Crippen LogP contribution in [0, 0.1) is 5.41 Å². The topological polar surface area (TPSA) is 58.6 Å². The maximum Gasteiger partial charge on any atom is 0.220 e. The largest absolute Gasteiger partial charge is 0.396 e. The minimum Gasteiger partial charge on any atom is -0.396 e. The minimum atomic E-state index is -0.0595. The smallest absolute Gasteiger partial charge is 0.220 e. The Morgan fingerprint density at radius 1 is 1.23 bits per heavy atom. The lowest BCUT2D eigenvalue weighted by Crippen LogP contribution is -2.26. The molecule has 2 N–H and O–H groups in total. The lowest BCUT2D eigenvalue weighted by atomic mass is 9.89. The zero-order valence-electron chi connectivity index (χ0n) is 13.8. The predicted octanol–water partition coefficient (Wildman–Crippen LogP) is 2.90. The molecule has 0 saturated heterocycles. The molecule has 0 heterocycles. The molecule has 0 saturated carbocycles. The molecular weight excluding hydrogens is 278 g/mol. The quantitative estimate of drug-likeness (QED) is 0.618. The summed E-state index contributed by atoms with van der Waals surface area (Å²) < 4.78 is 5.55. The fourth-order valence-electron chi connectivity index (χ4n) is 2.06. The second kappa shape index (κ2) is 10.4. The van der Waals surface area contributed by atoms with Gasteiger partial charge in [0, 0.05) is 26.2 Å². The molecule has 0 fully saturated rings. The van der Waals surface area contributed by atoms with Crippen molar-refractivity contribution in [1.29, 1.82) is 0 Å². The molecule has 0 aromatic heterocycles. The molecule has 124 valence electrons. The number of benzene rings is 1. The summed E-state index contributed by atoms with van der Waals surface area (Å²) in [5, 5.41) is 12.1. The lowest BCUT2D eigenvalue weighted by Gasteiger charge is -2.21. The Kier molecular flexibility index (Phi) is 8.78. The van der Waals surface area contributed by atoms with Crippen molar-refractivity contribution in [1.82, 2.24) is 5.32 Å². The Hall–Kier alpha value is -1.39. The van der Waals surface area contributed by atoms with E-state index in [-0.39, 0.29) is 17.9 Å². The second-order valence-electron chi connectivity index (χ2n) is 6.42. The summed E-state index contributed by atoms with van der Waals surface area (Å²) in [6.07, 6.45) is 3.03. The first kappa shape index (κ1) is 18.7. The summed E-state index contributed by atoms with van der Waals surface area (Å²) in [5.41, 5.74) is 1.09. The van der Waals surface area contributed by atoms with Crippen molar-refractivity contribution in [2.75, 3.05) is 19.8 Å². The van der Waals surface area contributed by atoms with E-state index in [0.717, 1.165) is 24.8 Å². The summed E-state index contributed by atoms with van der Waals surface area (Å²) in [6.45, 7) is 6.10. The second-order valence-corrected chi connectivity index (χ2v) is 6.42. The monoisotopic (exact) mass is 307 g/mol. The van der Waals surface area contributed by atoms with Gasteiger partial charge in [-0.3, -0.25) is 4.79 Å². The van der Waals surface area contributed by atoms with Crippen LogP contribution in [0.5, 0.6) is 0 Å². The highest BCUT2D eigenvalue weighted by molar-refractivity contribution is 5.75. The van der Waals surface area contributed by atoms with E-state index in [4.69, 9.17) is 9.84 Å². The summed E-state index contributed by atoms with van der Waals surface area (Å²) in [5.74, 6) is 0.0742. The van der Waals surface area contributed by atoms with Crippen LogP contribution in [-0.4, -0.2) is 30.8 Å². The molecule has 0 bridgehead atoms. The van der Waals surface area contributed by atoms with Gasteiger partial charge < -0.3 is 15.2 Å². The molecule has 1 aromatic carbocycles. The van der Waals surface area contributed by atoms with Crippen LogP contribution in [0.25, 0.3) is 0 Å². The van der Waals surface area contributed by atoms with E-state index in [1.807, 2.05) is 44.2 Å². The van der Waals surface area contributed by atoms with Gasteiger partial charge >= 0.3 is 0 Å². The van der Waals surface area contributed by atoms with Crippen LogP contribution in [0.4, 0.5) is 0 Å². The number of aliphatic hydroxyl groups excluding tert-OH is 1. The van der Waals surface area contributed by atoms with E-state index in [0.29, 0.717) is 26.2 Å². The summed E-state index contributed by atoms with van der Waals surface area (Å²) >= 11 is 0. The van der Waals surface area contributed by atoms with E-state index in [9.17, 15) is 4.79 Å². The number of hydrogen-bond acceptors (Lipinski definition) is 3. The number of carbonyl (C=O) groups is 1. The highest BCUT2D eigenvalue weighted by atomic mass is 16.5. The van der Waals surface area contributed by atoms with E-state index in [1.165, 1.54) is 0 Å². The predicted molar refractivity (Wildman–Crippen MR) is 88.4 cm³/mol. The normalized spacial score (nSPS) is 11.4. The van der Waals surface area contributed by atoms with Crippen molar-refractivity contribution in [3.05, 3.63) is 35.9 Å². The van der Waals surface area contributed by atoms with Crippen molar-refractivity contribution < 1.29 is 14.6 Å². The third kappa shape index (κ3) is 8.80. The van der Waals surface area contributed by atoms with Gasteiger partial charge in [0.2, 0.25) is 5.91 Å². The molecular formula is C18H29NO3. The number of carbonyl (C=O) groups excluding carboxylic acids is 1.